The molecule has 0 amide bonds. The Bertz CT molecular complexity index is 679. The summed E-state index contributed by atoms with van der Waals surface area (Å²) in [5, 5.41) is 0. The number of benzene rings is 2. The van der Waals surface area contributed by atoms with Gasteiger partial charge in [-0.3, -0.25) is 0 Å². The van der Waals surface area contributed by atoms with Gasteiger partial charge in [0.25, 0.3) is 0 Å². The van der Waals surface area contributed by atoms with Crippen molar-refractivity contribution in [2.75, 3.05) is 20.8 Å². The minimum atomic E-state index is 0.574. The van der Waals surface area contributed by atoms with Crippen LogP contribution in [0.2, 0.25) is 0 Å². The van der Waals surface area contributed by atoms with E-state index in [1.807, 2.05) is 24.3 Å². The van der Waals surface area contributed by atoms with Crippen LogP contribution in [0, 0.1) is 6.92 Å². The molecule has 3 rings (SSSR count). The van der Waals surface area contributed by atoms with Crippen LogP contribution in [-0.4, -0.2) is 20.8 Å². The number of hydrogen-bond donors (Lipinski definition) is 0. The molecule has 0 N–H and O–H groups in total. The number of rotatable bonds is 3. The van der Waals surface area contributed by atoms with E-state index in [9.17, 15) is 0 Å². The van der Waals surface area contributed by atoms with Crippen LogP contribution in [0.4, 0.5) is 0 Å². The van der Waals surface area contributed by atoms with Gasteiger partial charge in [-0.15, -0.1) is 0 Å². The molecule has 0 radical (unpaired) electrons. The van der Waals surface area contributed by atoms with Gasteiger partial charge in [-0.05, 0) is 48.4 Å². The molecule has 21 heavy (non-hydrogen) atoms. The van der Waals surface area contributed by atoms with E-state index in [1.165, 1.54) is 5.56 Å². The fraction of sp³-hybridized carbons (Fsp3) is 0.222. The Labute approximate surface area is 124 Å². The Morgan fingerprint density at radius 1 is 0.952 bits per heavy atom. The molecule has 0 saturated carbocycles. The van der Waals surface area contributed by atoms with Gasteiger partial charge in [0.15, 0.2) is 0 Å². The highest BCUT2D eigenvalue weighted by molar-refractivity contribution is 5.85. The molecule has 1 heterocycles. The van der Waals surface area contributed by atoms with Crippen molar-refractivity contribution in [1.82, 2.24) is 0 Å². The molecule has 2 aromatic carbocycles. The normalized spacial score (nSPS) is 13.0. The molecular formula is C18H18O3. The average Bonchev–Trinajstić information content (AvgIpc) is 2.53. The third-order valence-corrected chi connectivity index (χ3v) is 3.61. The van der Waals surface area contributed by atoms with E-state index in [1.54, 1.807) is 14.2 Å². The highest BCUT2D eigenvalue weighted by atomic mass is 16.5. The van der Waals surface area contributed by atoms with Gasteiger partial charge in [0.2, 0.25) is 0 Å². The molecule has 0 fully saturated rings. The fourth-order valence-corrected chi connectivity index (χ4v) is 2.54. The first-order valence-electron chi connectivity index (χ1n) is 6.88. The van der Waals surface area contributed by atoms with Gasteiger partial charge in [0.05, 0.1) is 14.2 Å². The Kier molecular flexibility index (Phi) is 3.57. The lowest BCUT2D eigenvalue weighted by Crippen LogP contribution is -2.06. The molecule has 3 nitrogen and oxygen atoms in total. The summed E-state index contributed by atoms with van der Waals surface area (Å²) in [6.45, 7) is 2.66. The lowest BCUT2D eigenvalue weighted by atomic mass is 9.94. The molecule has 3 heteroatoms. The molecule has 0 bridgehead atoms. The van der Waals surface area contributed by atoms with Crippen LogP contribution in [0.15, 0.2) is 42.5 Å². The molecule has 0 atom stereocenters. The Morgan fingerprint density at radius 3 is 2.33 bits per heavy atom. The van der Waals surface area contributed by atoms with Crippen LogP contribution in [0.25, 0.3) is 5.57 Å². The number of hydrogen-bond acceptors (Lipinski definition) is 3. The number of aryl methyl sites for hydroxylation is 1. The third kappa shape index (κ3) is 2.59. The van der Waals surface area contributed by atoms with Crippen LogP contribution in [-0.2, 0) is 0 Å². The summed E-state index contributed by atoms with van der Waals surface area (Å²) in [7, 11) is 3.32. The summed E-state index contributed by atoms with van der Waals surface area (Å²) in [5.41, 5.74) is 4.54. The first kappa shape index (κ1) is 13.6. The number of ether oxygens (including phenoxy) is 3. The maximum atomic E-state index is 5.70. The maximum Gasteiger partial charge on any atom is 0.127 e. The summed E-state index contributed by atoms with van der Waals surface area (Å²) in [6.07, 6.45) is 2.09. The van der Waals surface area contributed by atoms with Gasteiger partial charge in [-0.1, -0.05) is 11.6 Å². The first-order chi connectivity index (χ1) is 10.2. The monoisotopic (exact) mass is 282 g/mol. The van der Waals surface area contributed by atoms with Crippen LogP contribution in [0.3, 0.4) is 0 Å². The highest BCUT2D eigenvalue weighted by Crippen LogP contribution is 2.37. The summed E-state index contributed by atoms with van der Waals surface area (Å²) in [4.78, 5) is 0. The van der Waals surface area contributed by atoms with E-state index in [-0.39, 0.29) is 0 Å². The van der Waals surface area contributed by atoms with Crippen molar-refractivity contribution >= 4 is 5.57 Å². The molecule has 0 spiro atoms. The number of fused-ring (bicyclic) bond motifs is 1. The summed E-state index contributed by atoms with van der Waals surface area (Å²) in [5.74, 6) is 2.48. The van der Waals surface area contributed by atoms with E-state index in [4.69, 9.17) is 14.2 Å². The topological polar surface area (TPSA) is 27.7 Å². The van der Waals surface area contributed by atoms with Crippen molar-refractivity contribution in [3.05, 3.63) is 59.2 Å². The highest BCUT2D eigenvalue weighted by Gasteiger charge is 2.17. The van der Waals surface area contributed by atoms with Crippen molar-refractivity contribution in [2.24, 2.45) is 0 Å². The van der Waals surface area contributed by atoms with Crippen LogP contribution in [0.5, 0.6) is 17.2 Å². The largest absolute Gasteiger partial charge is 0.497 e. The lowest BCUT2D eigenvalue weighted by molar-refractivity contribution is 0.357. The molecule has 0 aliphatic carbocycles. The molecule has 0 unspecified atom stereocenters. The molecule has 2 aromatic rings. The van der Waals surface area contributed by atoms with E-state index >= 15 is 0 Å². The molecule has 108 valence electrons. The second-order valence-electron chi connectivity index (χ2n) is 5.03. The van der Waals surface area contributed by atoms with E-state index < -0.39 is 0 Å². The summed E-state index contributed by atoms with van der Waals surface area (Å²) < 4.78 is 16.4. The van der Waals surface area contributed by atoms with E-state index in [0.29, 0.717) is 6.61 Å². The van der Waals surface area contributed by atoms with Gasteiger partial charge >= 0.3 is 0 Å². The Hall–Kier alpha value is -2.42. The quantitative estimate of drug-likeness (QED) is 0.856. The van der Waals surface area contributed by atoms with Gasteiger partial charge in [0, 0.05) is 11.6 Å². The van der Waals surface area contributed by atoms with Gasteiger partial charge in [0.1, 0.15) is 23.9 Å². The minimum absolute atomic E-state index is 0.574. The van der Waals surface area contributed by atoms with Crippen LogP contribution in [0.1, 0.15) is 16.7 Å². The van der Waals surface area contributed by atoms with Gasteiger partial charge in [-0.2, -0.15) is 0 Å². The van der Waals surface area contributed by atoms with Crippen molar-refractivity contribution < 1.29 is 14.2 Å². The average molecular weight is 282 g/mol. The maximum absolute atomic E-state index is 5.70. The molecule has 0 saturated heterocycles. The summed E-state index contributed by atoms with van der Waals surface area (Å²) >= 11 is 0. The van der Waals surface area contributed by atoms with Crippen molar-refractivity contribution in [2.45, 2.75) is 6.92 Å². The SMILES string of the molecule is COc1cc(OC)cc(C2=CCOc3ccc(C)cc32)c1. The Morgan fingerprint density at radius 2 is 1.67 bits per heavy atom. The minimum Gasteiger partial charge on any atom is -0.497 e. The second kappa shape index (κ2) is 5.52. The van der Waals surface area contributed by atoms with Crippen molar-refractivity contribution in [3.63, 3.8) is 0 Å². The molecule has 1 aliphatic heterocycles. The molecule has 1 aliphatic rings. The predicted octanol–water partition coefficient (Wildman–Crippen LogP) is 3.84. The second-order valence-corrected chi connectivity index (χ2v) is 5.03. The van der Waals surface area contributed by atoms with Crippen molar-refractivity contribution in [3.8, 4) is 17.2 Å². The standard InChI is InChI=1S/C18H18O3/c1-12-4-5-18-17(8-12)16(6-7-21-18)13-9-14(19-2)11-15(10-13)20-3/h4-6,8-11H,7H2,1-3H3. The first-order valence-corrected chi connectivity index (χ1v) is 6.88. The third-order valence-electron chi connectivity index (χ3n) is 3.61. The zero-order chi connectivity index (χ0) is 14.8. The van der Waals surface area contributed by atoms with Crippen molar-refractivity contribution in [1.29, 1.82) is 0 Å². The summed E-state index contributed by atoms with van der Waals surface area (Å²) in [6, 6.07) is 12.1. The predicted molar refractivity (Wildman–Crippen MR) is 83.3 cm³/mol. The molecular weight excluding hydrogens is 264 g/mol. The lowest BCUT2D eigenvalue weighted by Gasteiger charge is -2.20. The van der Waals surface area contributed by atoms with E-state index in [0.717, 1.165) is 33.9 Å². The Balaban J connectivity index is 2.13. The zero-order valence-corrected chi connectivity index (χ0v) is 12.5. The molecule has 0 aromatic heterocycles. The van der Waals surface area contributed by atoms with Gasteiger partial charge < -0.3 is 14.2 Å². The van der Waals surface area contributed by atoms with Gasteiger partial charge in [-0.25, -0.2) is 0 Å². The fourth-order valence-electron chi connectivity index (χ4n) is 2.54. The van der Waals surface area contributed by atoms with Crippen LogP contribution < -0.4 is 14.2 Å². The number of methoxy groups -OCH3 is 2. The van der Waals surface area contributed by atoms with Crippen LogP contribution >= 0.6 is 0 Å². The van der Waals surface area contributed by atoms with E-state index in [2.05, 4.69) is 25.1 Å². The zero-order valence-electron chi connectivity index (χ0n) is 12.5. The smallest absolute Gasteiger partial charge is 0.127 e.